The molecule has 1 N–H and O–H groups in total. The molecule has 1 fully saturated rings. The second-order valence-corrected chi connectivity index (χ2v) is 5.08. The smallest absolute Gasteiger partial charge is 0.133 e. The Kier molecular flexibility index (Phi) is 5.44. The van der Waals surface area contributed by atoms with Crippen molar-refractivity contribution in [2.45, 2.75) is 6.61 Å². The summed E-state index contributed by atoms with van der Waals surface area (Å²) in [5.74, 6) is 0.820. The van der Waals surface area contributed by atoms with Gasteiger partial charge in [0.1, 0.15) is 12.4 Å². The largest absolute Gasteiger partial charge is 0.491 e. The normalized spacial score (nSPS) is 16.8. The lowest BCUT2D eigenvalue weighted by molar-refractivity contribution is 0.0322. The van der Waals surface area contributed by atoms with Gasteiger partial charge in [-0.3, -0.25) is 4.90 Å². The predicted octanol–water partition coefficient (Wildman–Crippen LogP) is 1.65. The highest BCUT2D eigenvalue weighted by atomic mass is 79.9. The van der Waals surface area contributed by atoms with E-state index in [-0.39, 0.29) is 6.61 Å². The maximum Gasteiger partial charge on any atom is 0.133 e. The van der Waals surface area contributed by atoms with Gasteiger partial charge in [0.05, 0.1) is 24.3 Å². The fourth-order valence-corrected chi connectivity index (χ4v) is 2.41. The maximum atomic E-state index is 9.02. The second-order valence-electron chi connectivity index (χ2n) is 4.23. The topological polar surface area (TPSA) is 41.9 Å². The molecule has 0 spiro atoms. The van der Waals surface area contributed by atoms with Gasteiger partial charge in [0.15, 0.2) is 0 Å². The maximum absolute atomic E-state index is 9.02. The molecule has 0 unspecified atom stereocenters. The minimum absolute atomic E-state index is 0.0483. The van der Waals surface area contributed by atoms with Gasteiger partial charge in [0.2, 0.25) is 0 Å². The number of hydrogen-bond acceptors (Lipinski definition) is 4. The van der Waals surface area contributed by atoms with Crippen LogP contribution in [0.5, 0.6) is 5.75 Å². The highest BCUT2D eigenvalue weighted by molar-refractivity contribution is 9.10. The van der Waals surface area contributed by atoms with Crippen LogP contribution in [0.1, 0.15) is 5.56 Å². The molecule has 1 aliphatic rings. The number of morpholine rings is 1. The van der Waals surface area contributed by atoms with Gasteiger partial charge in [0.25, 0.3) is 0 Å². The molecule has 0 radical (unpaired) electrons. The average Bonchev–Trinajstić information content (AvgIpc) is 2.42. The Morgan fingerprint density at radius 2 is 2.11 bits per heavy atom. The van der Waals surface area contributed by atoms with Crippen LogP contribution in [0, 0.1) is 0 Å². The summed E-state index contributed by atoms with van der Waals surface area (Å²) in [6.45, 7) is 5.22. The first-order chi connectivity index (χ1) is 8.79. The SMILES string of the molecule is OCc1ccc(OCCN2CCOCC2)c(Br)c1. The molecule has 0 bridgehead atoms. The van der Waals surface area contributed by atoms with E-state index in [1.54, 1.807) is 0 Å². The molecule has 4 nitrogen and oxygen atoms in total. The molecule has 1 aliphatic heterocycles. The Bertz CT molecular complexity index is 380. The van der Waals surface area contributed by atoms with Crippen LogP contribution in [-0.4, -0.2) is 49.5 Å². The number of rotatable bonds is 5. The van der Waals surface area contributed by atoms with Crippen LogP contribution in [-0.2, 0) is 11.3 Å². The number of aliphatic hydroxyl groups excluding tert-OH is 1. The number of hydrogen-bond donors (Lipinski definition) is 1. The molecule has 2 rings (SSSR count). The van der Waals surface area contributed by atoms with Crippen LogP contribution in [0.25, 0.3) is 0 Å². The van der Waals surface area contributed by atoms with Crippen LogP contribution < -0.4 is 4.74 Å². The lowest BCUT2D eigenvalue weighted by Crippen LogP contribution is -2.38. The summed E-state index contributed by atoms with van der Waals surface area (Å²) in [6.07, 6.45) is 0. The van der Waals surface area contributed by atoms with Gasteiger partial charge in [-0.25, -0.2) is 0 Å². The Hall–Kier alpha value is -0.620. The second kappa shape index (κ2) is 7.09. The molecule has 1 aromatic carbocycles. The van der Waals surface area contributed by atoms with Crippen molar-refractivity contribution >= 4 is 15.9 Å². The molecule has 0 saturated carbocycles. The molecule has 18 heavy (non-hydrogen) atoms. The Morgan fingerprint density at radius 1 is 1.33 bits per heavy atom. The third-order valence-corrected chi connectivity index (χ3v) is 3.57. The summed E-state index contributed by atoms with van der Waals surface area (Å²) in [6, 6.07) is 5.63. The van der Waals surface area contributed by atoms with E-state index in [0.29, 0.717) is 6.61 Å². The summed E-state index contributed by atoms with van der Waals surface area (Å²) < 4.78 is 11.9. The van der Waals surface area contributed by atoms with E-state index in [9.17, 15) is 0 Å². The van der Waals surface area contributed by atoms with Crippen molar-refractivity contribution in [1.82, 2.24) is 4.90 Å². The first kappa shape index (κ1) is 13.8. The molecule has 0 atom stereocenters. The minimum atomic E-state index is 0.0483. The molecule has 0 aromatic heterocycles. The molecule has 1 aromatic rings. The zero-order valence-corrected chi connectivity index (χ0v) is 11.9. The van der Waals surface area contributed by atoms with Gasteiger partial charge < -0.3 is 14.6 Å². The fraction of sp³-hybridized carbons (Fsp3) is 0.538. The van der Waals surface area contributed by atoms with Crippen molar-refractivity contribution in [3.8, 4) is 5.75 Å². The third kappa shape index (κ3) is 3.95. The van der Waals surface area contributed by atoms with E-state index in [0.717, 1.165) is 48.6 Å². The Balaban J connectivity index is 1.79. The van der Waals surface area contributed by atoms with E-state index < -0.39 is 0 Å². The summed E-state index contributed by atoms with van der Waals surface area (Å²) in [5, 5.41) is 9.02. The lowest BCUT2D eigenvalue weighted by Gasteiger charge is -2.26. The average molecular weight is 316 g/mol. The van der Waals surface area contributed by atoms with E-state index >= 15 is 0 Å². The van der Waals surface area contributed by atoms with Crippen LogP contribution in [0.4, 0.5) is 0 Å². The van der Waals surface area contributed by atoms with Crippen LogP contribution in [0.15, 0.2) is 22.7 Å². The van der Waals surface area contributed by atoms with Crippen molar-refractivity contribution < 1.29 is 14.6 Å². The van der Waals surface area contributed by atoms with Crippen molar-refractivity contribution in [2.75, 3.05) is 39.5 Å². The molecule has 1 heterocycles. The highest BCUT2D eigenvalue weighted by Gasteiger charge is 2.10. The van der Waals surface area contributed by atoms with Gasteiger partial charge >= 0.3 is 0 Å². The number of benzene rings is 1. The van der Waals surface area contributed by atoms with Crippen LogP contribution >= 0.6 is 15.9 Å². The molecule has 100 valence electrons. The number of ether oxygens (including phenoxy) is 2. The quantitative estimate of drug-likeness (QED) is 0.897. The van der Waals surface area contributed by atoms with E-state index in [1.807, 2.05) is 18.2 Å². The molecule has 0 aliphatic carbocycles. The van der Waals surface area contributed by atoms with Crippen molar-refractivity contribution in [1.29, 1.82) is 0 Å². The minimum Gasteiger partial charge on any atom is -0.491 e. The number of nitrogens with zero attached hydrogens (tertiary/aromatic N) is 1. The summed E-state index contributed by atoms with van der Waals surface area (Å²) >= 11 is 3.44. The first-order valence-electron chi connectivity index (χ1n) is 6.12. The molecule has 5 heteroatoms. The molecular formula is C13H18BrNO3. The van der Waals surface area contributed by atoms with Crippen LogP contribution in [0.3, 0.4) is 0 Å². The van der Waals surface area contributed by atoms with Crippen LogP contribution in [0.2, 0.25) is 0 Å². The van der Waals surface area contributed by atoms with E-state index in [1.165, 1.54) is 0 Å². The zero-order chi connectivity index (χ0) is 12.8. The van der Waals surface area contributed by atoms with Crippen molar-refractivity contribution in [2.24, 2.45) is 0 Å². The summed E-state index contributed by atoms with van der Waals surface area (Å²) in [4.78, 5) is 2.33. The van der Waals surface area contributed by atoms with Crippen molar-refractivity contribution in [3.05, 3.63) is 28.2 Å². The van der Waals surface area contributed by atoms with Gasteiger partial charge in [-0.05, 0) is 33.6 Å². The van der Waals surface area contributed by atoms with Gasteiger partial charge in [0, 0.05) is 19.6 Å². The molecule has 1 saturated heterocycles. The van der Waals surface area contributed by atoms with E-state index in [2.05, 4.69) is 20.8 Å². The fourth-order valence-electron chi connectivity index (χ4n) is 1.87. The third-order valence-electron chi connectivity index (χ3n) is 2.95. The monoisotopic (exact) mass is 315 g/mol. The predicted molar refractivity (Wildman–Crippen MR) is 72.8 cm³/mol. The summed E-state index contributed by atoms with van der Waals surface area (Å²) in [5.41, 5.74) is 0.877. The van der Waals surface area contributed by atoms with Crippen molar-refractivity contribution in [3.63, 3.8) is 0 Å². The molecular weight excluding hydrogens is 298 g/mol. The molecule has 0 amide bonds. The summed E-state index contributed by atoms with van der Waals surface area (Å²) in [7, 11) is 0. The Labute approximate surface area is 116 Å². The Morgan fingerprint density at radius 3 is 2.78 bits per heavy atom. The number of halogens is 1. The zero-order valence-electron chi connectivity index (χ0n) is 10.3. The standard InChI is InChI=1S/C13H18BrNO3/c14-12-9-11(10-16)1-2-13(12)18-8-5-15-3-6-17-7-4-15/h1-2,9,16H,3-8,10H2. The van der Waals surface area contributed by atoms with Gasteiger partial charge in [-0.15, -0.1) is 0 Å². The first-order valence-corrected chi connectivity index (χ1v) is 6.91. The van der Waals surface area contributed by atoms with Gasteiger partial charge in [-0.2, -0.15) is 0 Å². The lowest BCUT2D eigenvalue weighted by atomic mass is 10.2. The van der Waals surface area contributed by atoms with E-state index in [4.69, 9.17) is 14.6 Å². The number of aliphatic hydroxyl groups is 1. The highest BCUT2D eigenvalue weighted by Crippen LogP contribution is 2.26. The van der Waals surface area contributed by atoms with Gasteiger partial charge in [-0.1, -0.05) is 6.07 Å².